The van der Waals surface area contributed by atoms with E-state index in [0.717, 1.165) is 10.0 Å². The van der Waals surface area contributed by atoms with Crippen LogP contribution in [0.3, 0.4) is 0 Å². The molecule has 0 radical (unpaired) electrons. The van der Waals surface area contributed by atoms with E-state index >= 15 is 0 Å². The summed E-state index contributed by atoms with van der Waals surface area (Å²) in [5.41, 5.74) is 1.10. The summed E-state index contributed by atoms with van der Waals surface area (Å²) in [6, 6.07) is 16.1. The van der Waals surface area contributed by atoms with E-state index in [1.54, 1.807) is 12.1 Å². The summed E-state index contributed by atoms with van der Waals surface area (Å²) in [7, 11) is -1.95. The molecule has 2 aromatic rings. The second kappa shape index (κ2) is 9.16. The van der Waals surface area contributed by atoms with Gasteiger partial charge in [0.05, 0.1) is 18.0 Å². The van der Waals surface area contributed by atoms with Gasteiger partial charge in [0.1, 0.15) is 0 Å². The Bertz CT molecular complexity index is 814. The normalized spacial score (nSPS) is 12.7. The second-order valence-electron chi connectivity index (χ2n) is 5.66. The van der Waals surface area contributed by atoms with Crippen molar-refractivity contribution in [3.63, 3.8) is 0 Å². The summed E-state index contributed by atoms with van der Waals surface area (Å²) in [4.78, 5) is 2.05. The molecular weight excluding hydrogens is 402 g/mol. The monoisotopic (exact) mass is 421 g/mol. The van der Waals surface area contributed by atoms with Gasteiger partial charge in [0.25, 0.3) is 10.1 Å². The number of rotatable bonds is 8. The highest BCUT2D eigenvalue weighted by molar-refractivity contribution is 9.10. The van der Waals surface area contributed by atoms with Crippen LogP contribution in [-0.2, 0) is 20.7 Å². The van der Waals surface area contributed by atoms with Gasteiger partial charge in [0.2, 0.25) is 0 Å². The zero-order valence-electron chi connectivity index (χ0n) is 13.9. The van der Waals surface area contributed by atoms with E-state index in [1.165, 1.54) is 12.1 Å². The first-order chi connectivity index (χ1) is 11.9. The van der Waals surface area contributed by atoms with Crippen LogP contribution >= 0.6 is 15.9 Å². The molecule has 2 rings (SSSR count). The van der Waals surface area contributed by atoms with Crippen molar-refractivity contribution >= 4 is 26.0 Å². The first kappa shape index (κ1) is 19.7. The molecule has 25 heavy (non-hydrogen) atoms. The van der Waals surface area contributed by atoms with Crippen LogP contribution in [0, 0.1) is 12.3 Å². The van der Waals surface area contributed by atoms with Crippen LogP contribution in [0.2, 0.25) is 0 Å². The Morgan fingerprint density at radius 3 is 2.40 bits per heavy atom. The number of hydrogen-bond acceptors (Lipinski definition) is 4. The molecule has 0 aliphatic heterocycles. The van der Waals surface area contributed by atoms with Crippen LogP contribution < -0.4 is 0 Å². The quantitative estimate of drug-likeness (QED) is 0.484. The fraction of sp³-hybridized carbons (Fsp3) is 0.263. The van der Waals surface area contributed by atoms with Gasteiger partial charge in [-0.05, 0) is 43.3 Å². The second-order valence-corrected chi connectivity index (χ2v) is 8.19. The Hall–Kier alpha value is -1.65. The van der Waals surface area contributed by atoms with Crippen molar-refractivity contribution in [1.29, 1.82) is 0 Å². The molecule has 132 valence electrons. The molecule has 0 fully saturated rings. The number of hydrogen-bond donors (Lipinski definition) is 0. The highest BCUT2D eigenvalue weighted by Crippen LogP contribution is 2.18. The number of nitrogens with zero attached hydrogens (tertiary/aromatic N) is 1. The third-order valence-corrected chi connectivity index (χ3v) is 5.62. The van der Waals surface area contributed by atoms with E-state index in [1.807, 2.05) is 42.3 Å². The zero-order chi connectivity index (χ0) is 18.3. The Morgan fingerprint density at radius 2 is 1.80 bits per heavy atom. The van der Waals surface area contributed by atoms with Crippen LogP contribution in [-0.4, -0.2) is 39.6 Å². The van der Waals surface area contributed by atoms with Crippen LogP contribution in [0.5, 0.6) is 0 Å². The number of halogens is 1. The van der Waals surface area contributed by atoms with Crippen molar-refractivity contribution in [3.05, 3.63) is 64.6 Å². The van der Waals surface area contributed by atoms with Crippen LogP contribution in [0.4, 0.5) is 0 Å². The van der Waals surface area contributed by atoms with E-state index in [-0.39, 0.29) is 17.5 Å². The number of terminal acetylenes is 1. The SMILES string of the molecule is C#CCN(C)[C@H](COS(=O)(=O)c1ccc(Br)cc1)Cc1ccccc1. The molecule has 0 saturated carbocycles. The fourth-order valence-corrected chi connectivity index (χ4v) is 3.54. The molecule has 0 amide bonds. The predicted octanol–water partition coefficient (Wildman–Crippen LogP) is 3.33. The van der Waals surface area contributed by atoms with Gasteiger partial charge in [0.15, 0.2) is 0 Å². The molecular formula is C19H20BrNO3S. The third kappa shape index (κ3) is 5.98. The first-order valence-electron chi connectivity index (χ1n) is 7.75. The number of likely N-dealkylation sites (N-methyl/N-ethyl adjacent to an activating group) is 1. The lowest BCUT2D eigenvalue weighted by molar-refractivity contribution is 0.177. The highest BCUT2D eigenvalue weighted by Gasteiger charge is 2.21. The van der Waals surface area contributed by atoms with E-state index in [0.29, 0.717) is 13.0 Å². The molecule has 2 aromatic carbocycles. The maximum absolute atomic E-state index is 12.4. The summed E-state index contributed by atoms with van der Waals surface area (Å²) in [6.45, 7) is 0.449. The van der Waals surface area contributed by atoms with Crippen molar-refractivity contribution in [2.45, 2.75) is 17.4 Å². The third-order valence-electron chi connectivity index (χ3n) is 3.80. The molecule has 0 saturated heterocycles. The van der Waals surface area contributed by atoms with Gasteiger partial charge >= 0.3 is 0 Å². The molecule has 0 unspecified atom stereocenters. The maximum atomic E-state index is 12.4. The van der Waals surface area contributed by atoms with Crippen molar-refractivity contribution in [3.8, 4) is 12.3 Å². The Balaban J connectivity index is 2.10. The Labute approximate surface area is 158 Å². The standard InChI is InChI=1S/C19H20BrNO3S/c1-3-13-21(2)18(14-16-7-5-4-6-8-16)15-24-25(22,23)19-11-9-17(20)10-12-19/h1,4-12,18H,13-15H2,2H3/t18-/m0/s1. The van der Waals surface area contributed by atoms with E-state index in [2.05, 4.69) is 21.9 Å². The summed E-state index contributed by atoms with van der Waals surface area (Å²) >= 11 is 3.29. The van der Waals surface area contributed by atoms with Gasteiger partial charge < -0.3 is 0 Å². The Kier molecular flexibility index (Phi) is 7.21. The van der Waals surface area contributed by atoms with Gasteiger partial charge in [-0.25, -0.2) is 0 Å². The molecule has 0 aromatic heterocycles. The summed E-state index contributed by atoms with van der Waals surface area (Å²) < 4.78 is 30.9. The largest absolute Gasteiger partial charge is 0.297 e. The van der Waals surface area contributed by atoms with Gasteiger partial charge in [0, 0.05) is 10.5 Å². The lowest BCUT2D eigenvalue weighted by Gasteiger charge is -2.26. The van der Waals surface area contributed by atoms with E-state index < -0.39 is 10.1 Å². The topological polar surface area (TPSA) is 46.6 Å². The van der Waals surface area contributed by atoms with Gasteiger partial charge in [-0.15, -0.1) is 6.42 Å². The maximum Gasteiger partial charge on any atom is 0.297 e. The van der Waals surface area contributed by atoms with Gasteiger partial charge in [-0.1, -0.05) is 52.2 Å². The zero-order valence-corrected chi connectivity index (χ0v) is 16.3. The molecule has 4 nitrogen and oxygen atoms in total. The molecule has 6 heteroatoms. The van der Waals surface area contributed by atoms with Crippen molar-refractivity contribution in [2.24, 2.45) is 0 Å². The fourth-order valence-electron chi connectivity index (χ4n) is 2.34. The molecule has 0 aliphatic carbocycles. The summed E-state index contributed by atoms with van der Waals surface area (Å²) in [6.07, 6.45) is 6.04. The smallest absolute Gasteiger partial charge is 0.290 e. The molecule has 0 heterocycles. The average Bonchev–Trinajstić information content (AvgIpc) is 2.60. The van der Waals surface area contributed by atoms with Crippen molar-refractivity contribution in [1.82, 2.24) is 4.90 Å². The van der Waals surface area contributed by atoms with Crippen LogP contribution in [0.25, 0.3) is 0 Å². The van der Waals surface area contributed by atoms with E-state index in [4.69, 9.17) is 10.6 Å². The lowest BCUT2D eigenvalue weighted by Crippen LogP contribution is -2.38. The minimum atomic E-state index is -3.81. The molecule has 0 spiro atoms. The summed E-state index contributed by atoms with van der Waals surface area (Å²) in [5, 5.41) is 0. The van der Waals surface area contributed by atoms with E-state index in [9.17, 15) is 8.42 Å². The highest BCUT2D eigenvalue weighted by atomic mass is 79.9. The molecule has 0 aliphatic rings. The number of benzene rings is 2. The predicted molar refractivity (Wildman–Crippen MR) is 103 cm³/mol. The minimum absolute atomic E-state index is 0.0332. The van der Waals surface area contributed by atoms with Gasteiger partial charge in [-0.3, -0.25) is 9.08 Å². The first-order valence-corrected chi connectivity index (χ1v) is 9.95. The molecule has 0 bridgehead atoms. The molecule has 0 N–H and O–H groups in total. The molecule has 1 atom stereocenters. The van der Waals surface area contributed by atoms with Crippen molar-refractivity contribution in [2.75, 3.05) is 20.2 Å². The van der Waals surface area contributed by atoms with Gasteiger partial charge in [-0.2, -0.15) is 8.42 Å². The lowest BCUT2D eigenvalue weighted by atomic mass is 10.1. The minimum Gasteiger partial charge on any atom is -0.290 e. The van der Waals surface area contributed by atoms with Crippen molar-refractivity contribution < 1.29 is 12.6 Å². The summed E-state index contributed by atoms with van der Waals surface area (Å²) in [5.74, 6) is 2.58. The van der Waals surface area contributed by atoms with Crippen LogP contribution in [0.15, 0.2) is 64.0 Å². The average molecular weight is 422 g/mol. The van der Waals surface area contributed by atoms with Crippen LogP contribution in [0.1, 0.15) is 5.56 Å². The Morgan fingerprint density at radius 1 is 1.16 bits per heavy atom.